The molecule has 0 amide bonds. The normalized spacial score (nSPS) is 8.00. The van der Waals surface area contributed by atoms with Crippen LogP contribution < -0.4 is 0 Å². The molecular formula is C9H8O7. The molecule has 0 saturated heterocycles. The summed E-state index contributed by atoms with van der Waals surface area (Å²) in [7, 11) is 0. The van der Waals surface area contributed by atoms with Crippen molar-refractivity contribution < 1.29 is 34.4 Å². The Labute approximate surface area is 89.8 Å². The molecule has 7 heteroatoms. The highest BCUT2D eigenvalue weighted by Crippen LogP contribution is 2.00. The predicted molar refractivity (Wildman–Crippen MR) is 49.7 cm³/mol. The highest BCUT2D eigenvalue weighted by molar-refractivity contribution is 5.89. The van der Waals surface area contributed by atoms with Crippen LogP contribution in [0.3, 0.4) is 0 Å². The fourth-order valence-electron chi connectivity index (χ4n) is 0.696. The van der Waals surface area contributed by atoms with Crippen molar-refractivity contribution in [2.45, 2.75) is 0 Å². The number of benzene rings is 1. The van der Waals surface area contributed by atoms with Gasteiger partial charge in [0.1, 0.15) is 0 Å². The molecule has 2 N–H and O–H groups in total. The second-order valence-corrected chi connectivity index (χ2v) is 2.19. The van der Waals surface area contributed by atoms with Gasteiger partial charge in [-0.15, -0.1) is 0 Å². The van der Waals surface area contributed by atoms with Crippen LogP contribution in [0.25, 0.3) is 0 Å². The molecule has 0 aliphatic carbocycles. The van der Waals surface area contributed by atoms with Gasteiger partial charge in [-0.3, -0.25) is 4.79 Å². The van der Waals surface area contributed by atoms with Gasteiger partial charge >= 0.3 is 12.1 Å². The largest absolute Gasteiger partial charge is 0.547 e. The molecule has 0 bridgehead atoms. The molecule has 86 valence electrons. The van der Waals surface area contributed by atoms with Crippen LogP contribution >= 0.6 is 0 Å². The molecule has 1 aromatic carbocycles. The summed E-state index contributed by atoms with van der Waals surface area (Å²) in [5.74, 6) is -0.844. The van der Waals surface area contributed by atoms with Crippen molar-refractivity contribution in [3.05, 3.63) is 35.9 Å². The zero-order valence-electron chi connectivity index (χ0n) is 7.90. The minimum Gasteiger partial charge on any atom is -0.483 e. The molecule has 0 heterocycles. The molecule has 0 spiro atoms. The van der Waals surface area contributed by atoms with Crippen molar-refractivity contribution in [1.82, 2.24) is 0 Å². The molecule has 1 aromatic rings. The number of hydrogen-bond donors (Lipinski definition) is 2. The number of rotatable bonds is 1. The number of carbonyl (C=O) groups is 3. The molecule has 16 heavy (non-hydrogen) atoms. The highest BCUT2D eigenvalue weighted by Gasteiger charge is 2.09. The van der Waals surface area contributed by atoms with Gasteiger partial charge in [-0.2, -0.15) is 0 Å². The zero-order chi connectivity index (χ0) is 12.4. The van der Waals surface area contributed by atoms with Crippen LogP contribution in [-0.2, 0) is 14.6 Å². The van der Waals surface area contributed by atoms with Gasteiger partial charge < -0.3 is 10.2 Å². The van der Waals surface area contributed by atoms with E-state index in [4.69, 9.17) is 15.0 Å². The fourth-order valence-corrected chi connectivity index (χ4v) is 0.696. The summed E-state index contributed by atoms with van der Waals surface area (Å²) in [5.41, 5.74) is 0.226. The molecule has 7 nitrogen and oxygen atoms in total. The van der Waals surface area contributed by atoms with Crippen molar-refractivity contribution in [2.24, 2.45) is 0 Å². The van der Waals surface area contributed by atoms with Gasteiger partial charge in [0.2, 0.25) is 0 Å². The van der Waals surface area contributed by atoms with Gasteiger partial charge in [-0.25, -0.2) is 19.4 Å². The van der Waals surface area contributed by atoms with Gasteiger partial charge in [0.05, 0.1) is 5.56 Å². The molecule has 0 aliphatic rings. The van der Waals surface area contributed by atoms with Gasteiger partial charge in [0.15, 0.2) is 0 Å². The molecular weight excluding hydrogens is 220 g/mol. The summed E-state index contributed by atoms with van der Waals surface area (Å²) in [6.45, 7) is -0.250. The van der Waals surface area contributed by atoms with Crippen LogP contribution in [0.15, 0.2) is 30.3 Å². The first kappa shape index (κ1) is 13.4. The van der Waals surface area contributed by atoms with Crippen molar-refractivity contribution in [3.8, 4) is 0 Å². The Morgan fingerprint density at radius 2 is 1.62 bits per heavy atom. The summed E-state index contributed by atoms with van der Waals surface area (Å²) in [6, 6.07) is 7.92. The third-order valence-electron chi connectivity index (χ3n) is 1.20. The number of carbonyl (C=O) groups excluding carboxylic acids is 1. The molecule has 0 unspecified atom stereocenters. The highest BCUT2D eigenvalue weighted by atomic mass is 17.2. The molecule has 0 aromatic heterocycles. The van der Waals surface area contributed by atoms with Crippen molar-refractivity contribution in [2.75, 3.05) is 0 Å². The fraction of sp³-hybridized carbons (Fsp3) is 0. The van der Waals surface area contributed by atoms with Crippen LogP contribution in [0, 0.1) is 0 Å². The van der Waals surface area contributed by atoms with Crippen LogP contribution in [0.2, 0.25) is 0 Å². The third kappa shape index (κ3) is 5.97. The minimum absolute atomic E-state index is 0.226. The Morgan fingerprint density at radius 1 is 1.12 bits per heavy atom. The molecule has 0 saturated carbocycles. The first-order valence-corrected chi connectivity index (χ1v) is 3.86. The minimum atomic E-state index is -1.66. The molecule has 1 rings (SSSR count). The standard InChI is InChI=1S/C8H6O5.CH2O2/c9-7(12-13-8(10)11)6-4-2-1-3-5-6;2-1-3/h1-5H,(H,10,11);1H,(H,2,3). The predicted octanol–water partition coefficient (Wildman–Crippen LogP) is 1.15. The lowest BCUT2D eigenvalue weighted by molar-refractivity contribution is -0.198. The van der Waals surface area contributed by atoms with E-state index in [0.717, 1.165) is 0 Å². The van der Waals surface area contributed by atoms with Gasteiger partial charge in [0.25, 0.3) is 6.47 Å². The first-order chi connectivity index (χ1) is 7.61. The monoisotopic (exact) mass is 228 g/mol. The van der Waals surface area contributed by atoms with Crippen molar-refractivity contribution >= 4 is 18.6 Å². The molecule has 0 aliphatic heterocycles. The quantitative estimate of drug-likeness (QED) is 0.421. The van der Waals surface area contributed by atoms with E-state index in [2.05, 4.69) is 9.78 Å². The molecule has 0 fully saturated rings. The van der Waals surface area contributed by atoms with E-state index >= 15 is 0 Å². The third-order valence-corrected chi connectivity index (χ3v) is 1.20. The van der Waals surface area contributed by atoms with E-state index in [1.54, 1.807) is 18.2 Å². The Bertz CT molecular complexity index is 346. The second kappa shape index (κ2) is 7.80. The van der Waals surface area contributed by atoms with Gasteiger partial charge in [0, 0.05) is 0 Å². The van der Waals surface area contributed by atoms with Gasteiger partial charge in [-0.1, -0.05) is 18.2 Å². The Kier molecular flexibility index (Phi) is 6.55. The molecule has 0 radical (unpaired) electrons. The summed E-state index contributed by atoms with van der Waals surface area (Å²) in [5, 5.41) is 14.9. The Morgan fingerprint density at radius 3 is 2.06 bits per heavy atom. The summed E-state index contributed by atoms with van der Waals surface area (Å²) < 4.78 is 0. The lowest BCUT2D eigenvalue weighted by Crippen LogP contribution is -2.09. The maximum Gasteiger partial charge on any atom is 0.547 e. The second-order valence-electron chi connectivity index (χ2n) is 2.19. The van der Waals surface area contributed by atoms with Gasteiger partial charge in [-0.05, 0) is 12.1 Å². The van der Waals surface area contributed by atoms with E-state index in [9.17, 15) is 9.59 Å². The smallest absolute Gasteiger partial charge is 0.483 e. The Hall–Kier alpha value is -2.57. The summed E-state index contributed by atoms with van der Waals surface area (Å²) in [6.07, 6.45) is -1.66. The summed E-state index contributed by atoms with van der Waals surface area (Å²) in [4.78, 5) is 36.7. The van der Waals surface area contributed by atoms with Crippen LogP contribution in [0.5, 0.6) is 0 Å². The molecule has 0 atom stereocenters. The van der Waals surface area contributed by atoms with E-state index in [1.165, 1.54) is 12.1 Å². The lowest BCUT2D eigenvalue weighted by Gasteiger charge is -1.98. The Balaban J connectivity index is 0.000000673. The zero-order valence-corrected chi connectivity index (χ0v) is 7.90. The van der Waals surface area contributed by atoms with Crippen LogP contribution in [0.4, 0.5) is 4.79 Å². The van der Waals surface area contributed by atoms with Crippen molar-refractivity contribution in [3.63, 3.8) is 0 Å². The maximum absolute atomic E-state index is 10.9. The SMILES string of the molecule is O=C(O)OOC(=O)c1ccccc1.O=CO. The lowest BCUT2D eigenvalue weighted by atomic mass is 10.2. The number of carboxylic acid groups (broad SMARTS) is 2. The van der Waals surface area contributed by atoms with E-state index < -0.39 is 12.1 Å². The van der Waals surface area contributed by atoms with Crippen LogP contribution in [-0.4, -0.2) is 28.8 Å². The van der Waals surface area contributed by atoms with Crippen LogP contribution in [0.1, 0.15) is 10.4 Å². The average molecular weight is 228 g/mol. The summed E-state index contributed by atoms with van der Waals surface area (Å²) >= 11 is 0. The van der Waals surface area contributed by atoms with E-state index in [1.807, 2.05) is 0 Å². The van der Waals surface area contributed by atoms with E-state index in [-0.39, 0.29) is 12.0 Å². The average Bonchev–Trinajstić information content (AvgIpc) is 2.28. The number of hydrogen-bond acceptors (Lipinski definition) is 5. The maximum atomic E-state index is 10.9. The first-order valence-electron chi connectivity index (χ1n) is 3.86. The van der Waals surface area contributed by atoms with E-state index in [0.29, 0.717) is 0 Å². The van der Waals surface area contributed by atoms with Crippen molar-refractivity contribution in [1.29, 1.82) is 0 Å². The topological polar surface area (TPSA) is 110 Å².